The van der Waals surface area contributed by atoms with Crippen LogP contribution in [0, 0.1) is 5.92 Å². The molecule has 0 amide bonds. The van der Waals surface area contributed by atoms with Crippen molar-refractivity contribution in [1.29, 1.82) is 0 Å². The molecule has 5 nitrogen and oxygen atoms in total. The molecule has 2 unspecified atom stereocenters. The van der Waals surface area contributed by atoms with Gasteiger partial charge in [0.15, 0.2) is 5.60 Å². The van der Waals surface area contributed by atoms with Gasteiger partial charge in [-0.2, -0.15) is 0 Å². The van der Waals surface area contributed by atoms with Crippen molar-refractivity contribution in [2.45, 2.75) is 44.3 Å². The van der Waals surface area contributed by atoms with Crippen LogP contribution in [0.2, 0.25) is 0 Å². The summed E-state index contributed by atoms with van der Waals surface area (Å²) in [7, 11) is 0. The highest BCUT2D eigenvalue weighted by atomic mass is 16.6. The summed E-state index contributed by atoms with van der Waals surface area (Å²) in [6.07, 6.45) is 3.45. The van der Waals surface area contributed by atoms with E-state index in [0.717, 1.165) is 31.5 Å². The molecule has 0 spiro atoms. The van der Waals surface area contributed by atoms with E-state index in [1.165, 1.54) is 0 Å². The fourth-order valence-corrected chi connectivity index (χ4v) is 3.50. The van der Waals surface area contributed by atoms with Crippen molar-refractivity contribution in [2.24, 2.45) is 10.9 Å². The number of rotatable bonds is 4. The summed E-state index contributed by atoms with van der Waals surface area (Å²) in [6.45, 7) is 2.87. The molecular formula is C18H24N2O3. The number of nitrogens with zero attached hydrogens (tertiary/aromatic N) is 1. The maximum Gasteiger partial charge on any atom is 0.343 e. The Morgan fingerprint density at radius 3 is 2.61 bits per heavy atom. The lowest BCUT2D eigenvalue weighted by Crippen LogP contribution is -2.48. The quantitative estimate of drug-likeness (QED) is 0.834. The minimum absolute atomic E-state index is 0.0841. The molecule has 2 atom stereocenters. The highest BCUT2D eigenvalue weighted by Gasteiger charge is 2.48. The summed E-state index contributed by atoms with van der Waals surface area (Å²) in [5.74, 6) is 0.225. The van der Waals surface area contributed by atoms with E-state index < -0.39 is 11.6 Å². The van der Waals surface area contributed by atoms with Crippen molar-refractivity contribution in [3.05, 3.63) is 35.9 Å². The number of amidine groups is 1. The van der Waals surface area contributed by atoms with Gasteiger partial charge in [0.1, 0.15) is 6.10 Å². The third-order valence-corrected chi connectivity index (χ3v) is 4.86. The van der Waals surface area contributed by atoms with Crippen LogP contribution in [-0.4, -0.2) is 36.1 Å². The summed E-state index contributed by atoms with van der Waals surface area (Å²) < 4.78 is 5.61. The second kappa shape index (κ2) is 6.71. The first-order valence-corrected chi connectivity index (χ1v) is 8.34. The Morgan fingerprint density at radius 2 is 2.00 bits per heavy atom. The molecule has 5 heteroatoms. The second-order valence-electron chi connectivity index (χ2n) is 6.45. The van der Waals surface area contributed by atoms with Gasteiger partial charge in [-0.1, -0.05) is 43.2 Å². The normalized spacial score (nSPS) is 24.4. The Hall–Kier alpha value is -1.88. The van der Waals surface area contributed by atoms with Gasteiger partial charge in [-0.25, -0.2) is 4.79 Å². The van der Waals surface area contributed by atoms with Crippen LogP contribution in [-0.2, 0) is 15.1 Å². The zero-order valence-corrected chi connectivity index (χ0v) is 13.5. The molecule has 1 heterocycles. The Bertz CT molecular complexity index is 581. The molecule has 1 aliphatic carbocycles. The number of aliphatic hydroxyl groups is 1. The SMILES string of the molecule is CC1=NCC(OC(=O)C(O)(c2ccccc2)C2CCCC2)CN1. The molecule has 2 N–H and O–H groups in total. The molecule has 0 aromatic heterocycles. The Balaban J connectivity index is 1.82. The third-order valence-electron chi connectivity index (χ3n) is 4.86. The molecule has 0 bridgehead atoms. The lowest BCUT2D eigenvalue weighted by molar-refractivity contribution is -0.178. The fourth-order valence-electron chi connectivity index (χ4n) is 3.50. The van der Waals surface area contributed by atoms with E-state index >= 15 is 0 Å². The molecule has 1 aromatic rings. The molecule has 0 radical (unpaired) electrons. The van der Waals surface area contributed by atoms with E-state index in [0.29, 0.717) is 18.7 Å². The predicted octanol–water partition coefficient (Wildman–Crippen LogP) is 2.00. The van der Waals surface area contributed by atoms with Crippen molar-refractivity contribution in [2.75, 3.05) is 13.1 Å². The van der Waals surface area contributed by atoms with Crippen molar-refractivity contribution in [3.63, 3.8) is 0 Å². The highest BCUT2D eigenvalue weighted by molar-refractivity contribution is 5.82. The molecule has 1 fully saturated rings. The topological polar surface area (TPSA) is 70.9 Å². The lowest BCUT2D eigenvalue weighted by atomic mass is 9.80. The molecule has 124 valence electrons. The molecule has 2 aliphatic rings. The van der Waals surface area contributed by atoms with Crippen molar-refractivity contribution in [3.8, 4) is 0 Å². The number of aliphatic imine (C=N–C) groups is 1. The minimum Gasteiger partial charge on any atom is -0.456 e. The van der Waals surface area contributed by atoms with Crippen LogP contribution in [0.4, 0.5) is 0 Å². The maximum atomic E-state index is 12.9. The minimum atomic E-state index is -1.56. The van der Waals surface area contributed by atoms with E-state index in [1.54, 1.807) is 12.1 Å². The summed E-state index contributed by atoms with van der Waals surface area (Å²) in [6, 6.07) is 9.19. The van der Waals surface area contributed by atoms with Crippen molar-refractivity contribution in [1.82, 2.24) is 5.32 Å². The number of hydrogen-bond donors (Lipinski definition) is 2. The first-order chi connectivity index (χ1) is 11.1. The van der Waals surface area contributed by atoms with E-state index in [2.05, 4.69) is 10.3 Å². The van der Waals surface area contributed by atoms with Gasteiger partial charge in [0.05, 0.1) is 18.9 Å². The third kappa shape index (κ3) is 3.24. The monoisotopic (exact) mass is 316 g/mol. The molecule has 23 heavy (non-hydrogen) atoms. The molecule has 3 rings (SSSR count). The fraction of sp³-hybridized carbons (Fsp3) is 0.556. The number of esters is 1. The molecule has 0 saturated heterocycles. The van der Waals surface area contributed by atoms with Gasteiger partial charge in [-0.3, -0.25) is 4.99 Å². The summed E-state index contributed by atoms with van der Waals surface area (Å²) in [5, 5.41) is 14.4. The van der Waals surface area contributed by atoms with Gasteiger partial charge >= 0.3 is 5.97 Å². The number of benzene rings is 1. The second-order valence-corrected chi connectivity index (χ2v) is 6.45. The molecular weight excluding hydrogens is 292 g/mol. The van der Waals surface area contributed by atoms with Gasteiger partial charge in [0.25, 0.3) is 0 Å². The van der Waals surface area contributed by atoms with Crippen LogP contribution >= 0.6 is 0 Å². The van der Waals surface area contributed by atoms with Crippen molar-refractivity contribution >= 4 is 11.8 Å². The number of carbonyl (C=O) groups is 1. The number of nitrogens with one attached hydrogen (secondary N) is 1. The average molecular weight is 316 g/mol. The van der Waals surface area contributed by atoms with Crippen LogP contribution in [0.25, 0.3) is 0 Å². The lowest BCUT2D eigenvalue weighted by Gasteiger charge is -2.34. The summed E-state index contributed by atoms with van der Waals surface area (Å²) >= 11 is 0. The first kappa shape index (κ1) is 16.0. The van der Waals surface area contributed by atoms with Crippen LogP contribution < -0.4 is 5.32 Å². The zero-order chi connectivity index (χ0) is 16.3. The Morgan fingerprint density at radius 1 is 1.30 bits per heavy atom. The molecule has 1 aliphatic heterocycles. The van der Waals surface area contributed by atoms with E-state index in [-0.39, 0.29) is 12.0 Å². The Labute approximate surface area is 136 Å². The standard InChI is InChI=1S/C18H24N2O3/c1-13-19-11-16(12-20-13)23-17(21)18(22,15-9-5-6-10-15)14-7-3-2-4-8-14/h2-4,7-8,15-16,22H,5-6,9-12H2,1H3,(H,19,20). The maximum absolute atomic E-state index is 12.9. The van der Waals surface area contributed by atoms with Gasteiger partial charge in [0, 0.05) is 5.92 Å². The van der Waals surface area contributed by atoms with Crippen LogP contribution in [0.3, 0.4) is 0 Å². The largest absolute Gasteiger partial charge is 0.456 e. The smallest absolute Gasteiger partial charge is 0.343 e. The number of ether oxygens (including phenoxy) is 1. The van der Waals surface area contributed by atoms with Crippen molar-refractivity contribution < 1.29 is 14.6 Å². The van der Waals surface area contributed by atoms with E-state index in [4.69, 9.17) is 4.74 Å². The van der Waals surface area contributed by atoms with Gasteiger partial charge in [-0.05, 0) is 25.3 Å². The predicted molar refractivity (Wildman–Crippen MR) is 88.2 cm³/mol. The Kier molecular flexibility index (Phi) is 4.66. The zero-order valence-electron chi connectivity index (χ0n) is 13.5. The molecule has 1 aromatic carbocycles. The van der Waals surface area contributed by atoms with Crippen LogP contribution in [0.15, 0.2) is 35.3 Å². The van der Waals surface area contributed by atoms with Gasteiger partial charge in [-0.15, -0.1) is 0 Å². The van der Waals surface area contributed by atoms with E-state index in [9.17, 15) is 9.90 Å². The summed E-state index contributed by atoms with van der Waals surface area (Å²) in [5.41, 5.74) is -0.936. The first-order valence-electron chi connectivity index (χ1n) is 8.34. The average Bonchev–Trinajstić information content (AvgIpc) is 3.12. The van der Waals surface area contributed by atoms with Crippen LogP contribution in [0.1, 0.15) is 38.2 Å². The van der Waals surface area contributed by atoms with Gasteiger partial charge in [0.2, 0.25) is 0 Å². The number of hydrogen-bond acceptors (Lipinski definition) is 5. The molecule has 1 saturated carbocycles. The van der Waals surface area contributed by atoms with E-state index in [1.807, 2.05) is 25.1 Å². The van der Waals surface area contributed by atoms with Gasteiger partial charge < -0.3 is 15.2 Å². The summed E-state index contributed by atoms with van der Waals surface area (Å²) in [4.78, 5) is 17.1. The van der Waals surface area contributed by atoms with Crippen LogP contribution in [0.5, 0.6) is 0 Å². The number of carbonyl (C=O) groups excluding carboxylic acids is 1. The highest BCUT2D eigenvalue weighted by Crippen LogP contribution is 2.41.